The molecule has 1 saturated carbocycles. The minimum Gasteiger partial charge on any atom is -0.406 e. The summed E-state index contributed by atoms with van der Waals surface area (Å²) in [7, 11) is 0. The Kier molecular flexibility index (Phi) is 7.45. The third kappa shape index (κ3) is 6.11. The summed E-state index contributed by atoms with van der Waals surface area (Å²) >= 11 is 0. The quantitative estimate of drug-likeness (QED) is 0.462. The van der Waals surface area contributed by atoms with Gasteiger partial charge in [0, 0.05) is 42.6 Å². The zero-order chi connectivity index (χ0) is 24.1. The molecule has 6 nitrogen and oxygen atoms in total. The molecule has 180 valence electrons. The first kappa shape index (κ1) is 24.1. The molecular formula is C25H26F3N3O3. The molecule has 4 atom stereocenters. The van der Waals surface area contributed by atoms with Crippen molar-refractivity contribution in [3.05, 3.63) is 78.1 Å². The van der Waals surface area contributed by atoms with Gasteiger partial charge in [0.1, 0.15) is 5.75 Å². The number of nitrogens with one attached hydrogen (secondary N) is 1. The molecule has 3 aromatic rings. The van der Waals surface area contributed by atoms with E-state index in [1.165, 1.54) is 12.1 Å². The first-order chi connectivity index (χ1) is 16.3. The third-order valence-corrected chi connectivity index (χ3v) is 6.18. The van der Waals surface area contributed by atoms with Crippen molar-refractivity contribution in [2.45, 2.75) is 37.9 Å². The predicted octanol–water partition coefficient (Wildman–Crippen LogP) is 3.73. The lowest BCUT2D eigenvalue weighted by molar-refractivity contribution is -0.274. The summed E-state index contributed by atoms with van der Waals surface area (Å²) in [5.74, 6) is -0.0480. The summed E-state index contributed by atoms with van der Waals surface area (Å²) < 4.78 is 41.0. The van der Waals surface area contributed by atoms with E-state index in [0.29, 0.717) is 25.2 Å². The fourth-order valence-electron chi connectivity index (χ4n) is 4.51. The second-order valence-corrected chi connectivity index (χ2v) is 8.43. The molecule has 0 bridgehead atoms. The lowest BCUT2D eigenvalue weighted by Crippen LogP contribution is -2.36. The predicted molar refractivity (Wildman–Crippen MR) is 120 cm³/mol. The highest BCUT2D eigenvalue weighted by atomic mass is 19.4. The van der Waals surface area contributed by atoms with Gasteiger partial charge in [0.25, 0.3) is 0 Å². The Hall–Kier alpha value is -3.01. The molecule has 1 aromatic heterocycles. The van der Waals surface area contributed by atoms with Crippen LogP contribution in [0.4, 0.5) is 13.2 Å². The van der Waals surface area contributed by atoms with Crippen LogP contribution in [-0.4, -0.2) is 45.3 Å². The number of alkyl halides is 3. The Morgan fingerprint density at radius 3 is 2.41 bits per heavy atom. The molecule has 9 heteroatoms. The molecule has 0 unspecified atom stereocenters. The standard InChI is InChI=1S/C25H26F3N3O3/c26-25(27,28)34-19-8-6-16(7-9-19)14-30-22-13-23(33)21(15-32)20(22)12-18-10-11-29-24(31-18)17-4-2-1-3-5-17/h1-11,20-23,30,32-33H,12-15H2/t20-,21-,22-,23-/m1/s1. The van der Waals surface area contributed by atoms with Gasteiger partial charge in [-0.1, -0.05) is 42.5 Å². The first-order valence-electron chi connectivity index (χ1n) is 11.1. The van der Waals surface area contributed by atoms with Crippen LogP contribution in [0.15, 0.2) is 66.9 Å². The van der Waals surface area contributed by atoms with Crippen LogP contribution in [0, 0.1) is 11.8 Å². The average molecular weight is 473 g/mol. The summed E-state index contributed by atoms with van der Waals surface area (Å²) in [6.07, 6.45) is -2.68. The zero-order valence-electron chi connectivity index (χ0n) is 18.3. The normalized spacial score (nSPS) is 22.6. The maximum Gasteiger partial charge on any atom is 0.573 e. The molecule has 0 spiro atoms. The van der Waals surface area contributed by atoms with Crippen molar-refractivity contribution in [3.63, 3.8) is 0 Å². The SMILES string of the molecule is OC[C@@H]1[C@@H](Cc2ccnc(-c3ccccc3)n2)[C@H](NCc2ccc(OC(F)(F)F)cc2)C[C@H]1O. The number of benzene rings is 2. The Balaban J connectivity index is 1.44. The minimum absolute atomic E-state index is 0.0774. The van der Waals surface area contributed by atoms with Crippen LogP contribution in [0.2, 0.25) is 0 Å². The number of hydrogen-bond donors (Lipinski definition) is 3. The number of aromatic nitrogens is 2. The van der Waals surface area contributed by atoms with Gasteiger partial charge in [0.15, 0.2) is 5.82 Å². The maximum atomic E-state index is 12.4. The second-order valence-electron chi connectivity index (χ2n) is 8.43. The molecule has 0 aliphatic heterocycles. The fraction of sp³-hybridized carbons (Fsp3) is 0.360. The van der Waals surface area contributed by atoms with Crippen LogP contribution in [0.5, 0.6) is 5.75 Å². The van der Waals surface area contributed by atoms with Crippen LogP contribution in [0.25, 0.3) is 11.4 Å². The number of ether oxygens (including phenoxy) is 1. The molecule has 2 aromatic carbocycles. The average Bonchev–Trinajstić information content (AvgIpc) is 3.12. The Bertz CT molecular complexity index is 1060. The molecule has 0 saturated heterocycles. The van der Waals surface area contributed by atoms with Gasteiger partial charge in [-0.3, -0.25) is 0 Å². The largest absolute Gasteiger partial charge is 0.573 e. The molecule has 1 aliphatic carbocycles. The van der Waals surface area contributed by atoms with E-state index in [-0.39, 0.29) is 30.2 Å². The molecule has 4 rings (SSSR count). The van der Waals surface area contributed by atoms with Crippen molar-refractivity contribution >= 4 is 0 Å². The molecule has 3 N–H and O–H groups in total. The summed E-state index contributed by atoms with van der Waals surface area (Å²) in [5.41, 5.74) is 2.50. The van der Waals surface area contributed by atoms with Crippen molar-refractivity contribution in [2.24, 2.45) is 11.8 Å². The Morgan fingerprint density at radius 2 is 1.74 bits per heavy atom. The molecule has 0 radical (unpaired) electrons. The van der Waals surface area contributed by atoms with Gasteiger partial charge < -0.3 is 20.3 Å². The van der Waals surface area contributed by atoms with E-state index >= 15 is 0 Å². The van der Waals surface area contributed by atoms with Gasteiger partial charge >= 0.3 is 6.36 Å². The number of halogens is 3. The van der Waals surface area contributed by atoms with Crippen LogP contribution >= 0.6 is 0 Å². The van der Waals surface area contributed by atoms with Crippen molar-refractivity contribution in [1.29, 1.82) is 0 Å². The van der Waals surface area contributed by atoms with E-state index in [0.717, 1.165) is 16.8 Å². The van der Waals surface area contributed by atoms with E-state index in [2.05, 4.69) is 20.0 Å². The van der Waals surface area contributed by atoms with Gasteiger partial charge in [-0.25, -0.2) is 9.97 Å². The Morgan fingerprint density at radius 1 is 1.00 bits per heavy atom. The summed E-state index contributed by atoms with van der Waals surface area (Å²) in [6, 6.07) is 17.0. The van der Waals surface area contributed by atoms with Gasteiger partial charge in [0.05, 0.1) is 6.10 Å². The highest BCUT2D eigenvalue weighted by molar-refractivity contribution is 5.54. The van der Waals surface area contributed by atoms with Crippen molar-refractivity contribution < 1.29 is 28.1 Å². The number of aliphatic hydroxyl groups is 2. The van der Waals surface area contributed by atoms with Crippen molar-refractivity contribution in [1.82, 2.24) is 15.3 Å². The topological polar surface area (TPSA) is 87.5 Å². The summed E-state index contributed by atoms with van der Waals surface area (Å²) in [4.78, 5) is 9.04. The minimum atomic E-state index is -4.73. The Labute approximate surface area is 195 Å². The molecule has 34 heavy (non-hydrogen) atoms. The number of aliphatic hydroxyl groups excluding tert-OH is 2. The lowest BCUT2D eigenvalue weighted by Gasteiger charge is -2.25. The number of rotatable bonds is 8. The van der Waals surface area contributed by atoms with Crippen molar-refractivity contribution in [3.8, 4) is 17.1 Å². The lowest BCUT2D eigenvalue weighted by atomic mass is 9.88. The monoisotopic (exact) mass is 473 g/mol. The molecule has 1 heterocycles. The number of hydrogen-bond acceptors (Lipinski definition) is 6. The molecular weight excluding hydrogens is 447 g/mol. The highest BCUT2D eigenvalue weighted by Gasteiger charge is 2.42. The first-order valence-corrected chi connectivity index (χ1v) is 11.1. The van der Waals surface area contributed by atoms with Crippen LogP contribution in [0.1, 0.15) is 17.7 Å². The maximum absolute atomic E-state index is 12.4. The fourth-order valence-corrected chi connectivity index (χ4v) is 4.51. The van der Waals surface area contributed by atoms with Gasteiger partial charge in [-0.2, -0.15) is 0 Å². The van der Waals surface area contributed by atoms with Crippen LogP contribution in [-0.2, 0) is 13.0 Å². The van der Waals surface area contributed by atoms with Crippen LogP contribution < -0.4 is 10.1 Å². The highest BCUT2D eigenvalue weighted by Crippen LogP contribution is 2.35. The van der Waals surface area contributed by atoms with E-state index in [1.807, 2.05) is 36.4 Å². The van der Waals surface area contributed by atoms with E-state index in [9.17, 15) is 23.4 Å². The van der Waals surface area contributed by atoms with Crippen molar-refractivity contribution in [2.75, 3.05) is 6.61 Å². The molecule has 1 aliphatic rings. The smallest absolute Gasteiger partial charge is 0.406 e. The molecule has 0 amide bonds. The molecule has 1 fully saturated rings. The zero-order valence-corrected chi connectivity index (χ0v) is 18.3. The van der Waals surface area contributed by atoms with Gasteiger partial charge in [-0.15, -0.1) is 13.2 Å². The summed E-state index contributed by atoms with van der Waals surface area (Å²) in [6.45, 7) is 0.251. The second kappa shape index (κ2) is 10.5. The van der Waals surface area contributed by atoms with E-state index in [4.69, 9.17) is 0 Å². The van der Waals surface area contributed by atoms with E-state index in [1.54, 1.807) is 18.3 Å². The van der Waals surface area contributed by atoms with Gasteiger partial charge in [0.2, 0.25) is 0 Å². The third-order valence-electron chi connectivity index (χ3n) is 6.18. The summed E-state index contributed by atoms with van der Waals surface area (Å²) in [5, 5.41) is 23.8. The van der Waals surface area contributed by atoms with Gasteiger partial charge in [-0.05, 0) is 42.5 Å². The number of nitrogens with zero attached hydrogens (tertiary/aromatic N) is 2. The van der Waals surface area contributed by atoms with E-state index < -0.39 is 12.5 Å². The van der Waals surface area contributed by atoms with Crippen LogP contribution in [0.3, 0.4) is 0 Å².